The molecule has 0 fully saturated rings. The average molecular weight is 525 g/mol. The van der Waals surface area contributed by atoms with E-state index >= 15 is 0 Å². The molecule has 0 spiro atoms. The van der Waals surface area contributed by atoms with Crippen molar-refractivity contribution in [2.45, 2.75) is 7.25 Å². The molecule has 0 saturated carbocycles. The van der Waals surface area contributed by atoms with Crippen LogP contribution in [0.15, 0.2) is 97.1 Å². The summed E-state index contributed by atoms with van der Waals surface area (Å²) in [6.45, 7) is 0. The summed E-state index contributed by atoms with van der Waals surface area (Å²) in [6.07, 6.45) is 0. The fourth-order valence-corrected chi connectivity index (χ4v) is 9.90. The van der Waals surface area contributed by atoms with E-state index in [2.05, 4.69) is 97.1 Å². The van der Waals surface area contributed by atoms with Crippen LogP contribution in [0.5, 0.6) is 0 Å². The molecule has 0 heterocycles. The van der Waals surface area contributed by atoms with E-state index in [-0.39, 0.29) is 35.8 Å². The Morgan fingerprint density at radius 3 is 0.900 bits per heavy atom. The minimum atomic E-state index is -0.828. The molecule has 0 amide bonds. The Hall–Kier alpha value is -1.44. The van der Waals surface area contributed by atoms with Gasteiger partial charge in [-0.2, -0.15) is 0 Å². The van der Waals surface area contributed by atoms with Crippen molar-refractivity contribution in [1.82, 2.24) is 0 Å². The molecule has 0 N–H and O–H groups in total. The van der Waals surface area contributed by atoms with Gasteiger partial charge in [-0.1, -0.05) is 0 Å². The van der Waals surface area contributed by atoms with E-state index in [0.717, 1.165) is 0 Å². The number of rotatable bonds is 2. The minimum absolute atomic E-state index is 0. The molecule has 0 unspecified atom stereocenters. The third-order valence-electron chi connectivity index (χ3n) is 6.00. The Morgan fingerprint density at radius 1 is 0.400 bits per heavy atom. The molecule has 4 aromatic rings. The molecule has 2 aliphatic rings. The molecule has 6 rings (SSSR count). The third-order valence-corrected chi connectivity index (χ3v) is 10.7. The van der Waals surface area contributed by atoms with E-state index in [1.807, 2.05) is 0 Å². The van der Waals surface area contributed by atoms with Crippen LogP contribution in [0.4, 0.5) is 0 Å². The van der Waals surface area contributed by atoms with Gasteiger partial charge in [0.25, 0.3) is 0 Å². The van der Waals surface area contributed by atoms with Crippen LogP contribution >= 0.6 is 0 Å². The molecule has 0 saturated heterocycles. The van der Waals surface area contributed by atoms with Crippen molar-refractivity contribution < 1.29 is 48.0 Å². The first kappa shape index (κ1) is 23.2. The molecule has 2 aliphatic carbocycles. The van der Waals surface area contributed by atoms with Crippen LogP contribution in [-0.4, -0.2) is 11.0 Å². The molecule has 0 aliphatic heterocycles. The monoisotopic (exact) mass is 522 g/mol. The van der Waals surface area contributed by atoms with E-state index in [0.29, 0.717) is 7.25 Å². The van der Waals surface area contributed by atoms with Gasteiger partial charge in [0.2, 0.25) is 0 Å². The molecule has 30 heavy (non-hydrogen) atoms. The first-order valence-corrected chi connectivity index (χ1v) is 12.4. The maximum absolute atomic E-state index is 2.37. The fraction of sp³-hybridized carbons (Fsp3) is 0.0769. The summed E-state index contributed by atoms with van der Waals surface area (Å²) in [5, 5.41) is 0. The predicted octanol–water partition coefficient (Wildman–Crippen LogP) is -0.835. The molecule has 0 nitrogen and oxygen atoms in total. The van der Waals surface area contributed by atoms with Crippen molar-refractivity contribution in [2.75, 3.05) is 0 Å². The summed E-state index contributed by atoms with van der Waals surface area (Å²) in [4.78, 5) is 0. The number of fused-ring (bicyclic) bond motifs is 6. The molecule has 0 bridgehead atoms. The van der Waals surface area contributed by atoms with Gasteiger partial charge in [-0.05, 0) is 11.0 Å². The van der Waals surface area contributed by atoms with Crippen molar-refractivity contribution in [3.63, 3.8) is 0 Å². The summed E-state index contributed by atoms with van der Waals surface area (Å²) in [6, 6.07) is 36.3. The zero-order valence-electron chi connectivity index (χ0n) is 15.6. The summed E-state index contributed by atoms with van der Waals surface area (Å²) >= 11 is -0.828. The molecular formula is C26H22Cl2SiZr. The Bertz CT molecular complexity index is 1010. The Kier molecular flexibility index (Phi) is 7.25. The van der Waals surface area contributed by atoms with E-state index in [1.165, 1.54) is 22.3 Å². The fourth-order valence-electron chi connectivity index (χ4n) is 4.84. The standard InChI is InChI=1S/2C13H9.2ClH.H4Si.Zr/c2*1-3-7-12-10(5-1)9-11-6-2-4-8-13(11)12;;;;/h2*1-9H;2*1H;1H4;/q;;;;;+2/p-2. The zero-order chi connectivity index (χ0) is 17.8. The van der Waals surface area contributed by atoms with Gasteiger partial charge in [0, 0.05) is 0 Å². The SMILES string of the molecule is [Cl-].[Cl-].[SiH4].c1ccc2c(c1)-c1ccccc1[CH]2[Zr+2][CH]1c2ccccc2-c2ccccc21. The van der Waals surface area contributed by atoms with Crippen LogP contribution in [0.25, 0.3) is 22.3 Å². The number of benzene rings is 4. The van der Waals surface area contributed by atoms with Gasteiger partial charge in [0.15, 0.2) is 0 Å². The van der Waals surface area contributed by atoms with Crippen LogP contribution < -0.4 is 24.8 Å². The second-order valence-electron chi connectivity index (χ2n) is 7.38. The van der Waals surface area contributed by atoms with E-state index < -0.39 is 23.2 Å². The quantitative estimate of drug-likeness (QED) is 0.301. The van der Waals surface area contributed by atoms with Crippen LogP contribution in [0.1, 0.15) is 29.5 Å². The summed E-state index contributed by atoms with van der Waals surface area (Å²) in [7, 11) is 0. The van der Waals surface area contributed by atoms with Gasteiger partial charge in [-0.15, -0.1) is 0 Å². The molecule has 0 radical (unpaired) electrons. The summed E-state index contributed by atoms with van der Waals surface area (Å²) < 4.78 is 1.26. The van der Waals surface area contributed by atoms with E-state index in [1.54, 1.807) is 22.3 Å². The van der Waals surface area contributed by atoms with Crippen molar-refractivity contribution in [1.29, 1.82) is 0 Å². The van der Waals surface area contributed by atoms with E-state index in [9.17, 15) is 0 Å². The van der Waals surface area contributed by atoms with Gasteiger partial charge in [0.1, 0.15) is 0 Å². The van der Waals surface area contributed by atoms with Crippen molar-refractivity contribution in [3.8, 4) is 22.3 Å². The van der Waals surface area contributed by atoms with E-state index in [4.69, 9.17) is 0 Å². The number of halogens is 2. The summed E-state index contributed by atoms with van der Waals surface area (Å²) in [5.41, 5.74) is 12.1. The number of hydrogen-bond donors (Lipinski definition) is 0. The Morgan fingerprint density at radius 2 is 0.633 bits per heavy atom. The van der Waals surface area contributed by atoms with Crippen LogP contribution in [0.3, 0.4) is 0 Å². The van der Waals surface area contributed by atoms with Crippen LogP contribution in [0, 0.1) is 0 Å². The van der Waals surface area contributed by atoms with Gasteiger partial charge < -0.3 is 24.8 Å². The summed E-state index contributed by atoms with van der Waals surface area (Å²) in [5.74, 6) is 0. The normalized spacial score (nSPS) is 12.8. The molecule has 0 atom stereocenters. The second kappa shape index (κ2) is 9.37. The topological polar surface area (TPSA) is 0 Å². The van der Waals surface area contributed by atoms with Crippen molar-refractivity contribution in [3.05, 3.63) is 119 Å². The first-order chi connectivity index (χ1) is 13.4. The molecular weight excluding hydrogens is 503 g/mol. The second-order valence-corrected chi connectivity index (χ2v) is 11.0. The maximum atomic E-state index is 2.37. The number of hydrogen-bond acceptors (Lipinski definition) is 0. The third kappa shape index (κ3) is 3.49. The van der Waals surface area contributed by atoms with Crippen molar-refractivity contribution >= 4 is 11.0 Å². The molecule has 4 aromatic carbocycles. The van der Waals surface area contributed by atoms with Crippen LogP contribution in [-0.2, 0) is 23.2 Å². The first-order valence-electron chi connectivity index (χ1n) is 9.54. The van der Waals surface area contributed by atoms with Gasteiger partial charge >= 0.3 is 172 Å². The molecule has 0 aromatic heterocycles. The Balaban J connectivity index is 0.000000853. The van der Waals surface area contributed by atoms with Gasteiger partial charge in [0.05, 0.1) is 0 Å². The zero-order valence-corrected chi connectivity index (χ0v) is 19.6. The van der Waals surface area contributed by atoms with Crippen molar-refractivity contribution in [2.24, 2.45) is 0 Å². The Labute approximate surface area is 206 Å². The average Bonchev–Trinajstić information content (AvgIpc) is 3.23. The van der Waals surface area contributed by atoms with Gasteiger partial charge in [-0.25, -0.2) is 0 Å². The van der Waals surface area contributed by atoms with Crippen LogP contribution in [0.2, 0.25) is 0 Å². The molecule has 148 valence electrons. The van der Waals surface area contributed by atoms with Gasteiger partial charge in [-0.3, -0.25) is 0 Å². The molecule has 4 heteroatoms. The predicted molar refractivity (Wildman–Crippen MR) is 119 cm³/mol.